The van der Waals surface area contributed by atoms with Crippen LogP contribution in [0.3, 0.4) is 0 Å². The van der Waals surface area contributed by atoms with Crippen LogP contribution in [0.2, 0.25) is 15.1 Å². The average Bonchev–Trinajstić information content (AvgIpc) is 2.75. The zero-order valence-electron chi connectivity index (χ0n) is 17.3. The van der Waals surface area contributed by atoms with Gasteiger partial charge in [-0.3, -0.25) is 5.43 Å². The number of nitrogens with one attached hydrogen (secondary N) is 2. The summed E-state index contributed by atoms with van der Waals surface area (Å²) < 4.78 is 11.1. The number of hydrogen-bond acceptors (Lipinski definition) is 5. The minimum absolute atomic E-state index is 0.194. The number of halogens is 3. The molecule has 0 fully saturated rings. The fraction of sp³-hybridized carbons (Fsp3) is 0.0870. The molecule has 0 saturated carbocycles. The van der Waals surface area contributed by atoms with Gasteiger partial charge in [0.1, 0.15) is 0 Å². The maximum Gasteiger partial charge on any atom is 0.345 e. The Bertz CT molecular complexity index is 1200. The second kappa shape index (κ2) is 11.9. The van der Waals surface area contributed by atoms with Crippen molar-refractivity contribution in [3.8, 4) is 11.5 Å². The lowest BCUT2D eigenvalue weighted by atomic mass is 10.2. The number of nitrogens with zero attached hydrogens (tertiary/aromatic N) is 1. The summed E-state index contributed by atoms with van der Waals surface area (Å²) in [5.41, 5.74) is 4.35. The summed E-state index contributed by atoms with van der Waals surface area (Å²) in [5.74, 6) is -0.00576. The molecule has 3 aromatic rings. The van der Waals surface area contributed by atoms with Crippen molar-refractivity contribution in [2.45, 2.75) is 6.92 Å². The van der Waals surface area contributed by atoms with E-state index in [1.165, 1.54) is 12.1 Å². The standard InChI is InChI=1S/C23H18Cl3N3O3S/c1-2-31-21-10-14(13-27-29-23(33)28-17-5-3-4-15(24)11-17)6-9-20(21)32-22(30)18-8-7-16(25)12-19(18)26/h3-13H,2H2,1H3,(H2,28,29,33)/b27-13-. The molecule has 170 valence electrons. The highest BCUT2D eigenvalue weighted by molar-refractivity contribution is 7.80. The van der Waals surface area contributed by atoms with Crippen LogP contribution < -0.4 is 20.2 Å². The average molecular weight is 523 g/mol. The Hall–Kier alpha value is -2.84. The molecule has 0 spiro atoms. The third-order valence-electron chi connectivity index (χ3n) is 4.08. The van der Waals surface area contributed by atoms with Crippen molar-refractivity contribution >= 4 is 70.0 Å². The minimum atomic E-state index is -0.627. The molecule has 0 atom stereocenters. The summed E-state index contributed by atoms with van der Waals surface area (Å²) in [5, 5.41) is 8.60. The van der Waals surface area contributed by atoms with Crippen LogP contribution in [0.5, 0.6) is 11.5 Å². The Balaban J connectivity index is 1.67. The van der Waals surface area contributed by atoms with Gasteiger partial charge in [-0.1, -0.05) is 40.9 Å². The molecule has 2 N–H and O–H groups in total. The highest BCUT2D eigenvalue weighted by Crippen LogP contribution is 2.30. The molecule has 3 rings (SSSR count). The van der Waals surface area contributed by atoms with Crippen molar-refractivity contribution in [3.05, 3.63) is 86.9 Å². The molecular weight excluding hydrogens is 505 g/mol. The molecule has 6 nitrogen and oxygen atoms in total. The van der Waals surface area contributed by atoms with Crippen molar-refractivity contribution in [2.24, 2.45) is 5.10 Å². The van der Waals surface area contributed by atoms with Crippen molar-refractivity contribution in [1.29, 1.82) is 0 Å². The normalized spacial score (nSPS) is 10.7. The topological polar surface area (TPSA) is 71.9 Å². The number of benzene rings is 3. The lowest BCUT2D eigenvalue weighted by Gasteiger charge is -2.12. The van der Waals surface area contributed by atoms with E-state index in [0.717, 1.165) is 5.69 Å². The fourth-order valence-electron chi connectivity index (χ4n) is 2.66. The van der Waals surface area contributed by atoms with E-state index in [9.17, 15) is 4.79 Å². The Morgan fingerprint density at radius 3 is 2.55 bits per heavy atom. The van der Waals surface area contributed by atoms with Crippen LogP contribution >= 0.6 is 47.0 Å². The van der Waals surface area contributed by atoms with Gasteiger partial charge in [0.25, 0.3) is 0 Å². The Kier molecular flexibility index (Phi) is 8.91. The second-order valence-corrected chi connectivity index (χ2v) is 8.18. The minimum Gasteiger partial charge on any atom is -0.490 e. The molecule has 0 aromatic heterocycles. The molecule has 0 radical (unpaired) electrons. The largest absolute Gasteiger partial charge is 0.490 e. The highest BCUT2D eigenvalue weighted by atomic mass is 35.5. The van der Waals surface area contributed by atoms with E-state index in [1.807, 2.05) is 13.0 Å². The number of hydrogen-bond donors (Lipinski definition) is 2. The van der Waals surface area contributed by atoms with Crippen molar-refractivity contribution in [1.82, 2.24) is 5.43 Å². The van der Waals surface area contributed by atoms with Crippen LogP contribution in [-0.2, 0) is 0 Å². The van der Waals surface area contributed by atoms with Crippen LogP contribution in [0.4, 0.5) is 5.69 Å². The summed E-state index contributed by atoms with van der Waals surface area (Å²) >= 11 is 23.2. The zero-order chi connectivity index (χ0) is 23.8. The predicted octanol–water partition coefficient (Wildman–Crippen LogP) is 6.59. The first kappa shape index (κ1) is 24.8. The summed E-state index contributed by atoms with van der Waals surface area (Å²) in [7, 11) is 0. The summed E-state index contributed by atoms with van der Waals surface area (Å²) in [6, 6.07) is 16.7. The highest BCUT2D eigenvalue weighted by Gasteiger charge is 2.16. The molecule has 0 aliphatic rings. The van der Waals surface area contributed by atoms with Gasteiger partial charge in [-0.15, -0.1) is 0 Å². The lowest BCUT2D eigenvalue weighted by molar-refractivity contribution is 0.0728. The molecule has 33 heavy (non-hydrogen) atoms. The lowest BCUT2D eigenvalue weighted by Crippen LogP contribution is -2.23. The third kappa shape index (κ3) is 7.33. The van der Waals surface area contributed by atoms with E-state index >= 15 is 0 Å². The number of rotatable bonds is 7. The Morgan fingerprint density at radius 2 is 1.82 bits per heavy atom. The zero-order valence-corrected chi connectivity index (χ0v) is 20.4. The van der Waals surface area contributed by atoms with Gasteiger partial charge >= 0.3 is 5.97 Å². The number of ether oxygens (including phenoxy) is 2. The van der Waals surface area contributed by atoms with E-state index in [2.05, 4.69) is 15.8 Å². The first-order chi connectivity index (χ1) is 15.9. The summed E-state index contributed by atoms with van der Waals surface area (Å²) in [4.78, 5) is 12.5. The van der Waals surface area contributed by atoms with Gasteiger partial charge in [0.05, 0.1) is 23.4 Å². The van der Waals surface area contributed by atoms with E-state index in [0.29, 0.717) is 33.1 Å². The molecule has 0 bridgehead atoms. The maximum absolute atomic E-state index is 12.5. The molecule has 0 aliphatic heterocycles. The number of carbonyl (C=O) groups excluding carboxylic acids is 1. The second-order valence-electron chi connectivity index (χ2n) is 6.49. The van der Waals surface area contributed by atoms with Gasteiger partial charge in [0.2, 0.25) is 0 Å². The van der Waals surface area contributed by atoms with E-state index in [-0.39, 0.29) is 16.3 Å². The quantitative estimate of drug-likeness (QED) is 0.120. The SMILES string of the molecule is CCOc1cc(/C=N\NC(=S)Nc2cccc(Cl)c2)ccc1OC(=O)c1ccc(Cl)cc1Cl. The monoisotopic (exact) mass is 521 g/mol. The van der Waals surface area contributed by atoms with Gasteiger partial charge in [-0.05, 0) is 79.3 Å². The van der Waals surface area contributed by atoms with Gasteiger partial charge in [-0.2, -0.15) is 5.10 Å². The molecule has 0 aliphatic carbocycles. The van der Waals surface area contributed by atoms with Crippen LogP contribution in [0, 0.1) is 0 Å². The van der Waals surface area contributed by atoms with Crippen LogP contribution in [0.25, 0.3) is 0 Å². The first-order valence-corrected chi connectivity index (χ1v) is 11.2. The third-order valence-corrected chi connectivity index (χ3v) is 5.06. The van der Waals surface area contributed by atoms with E-state index in [1.54, 1.807) is 48.7 Å². The molecular formula is C23H18Cl3N3O3S. The van der Waals surface area contributed by atoms with Gasteiger partial charge < -0.3 is 14.8 Å². The van der Waals surface area contributed by atoms with Crippen molar-refractivity contribution in [3.63, 3.8) is 0 Å². The number of hydrazone groups is 1. The summed E-state index contributed by atoms with van der Waals surface area (Å²) in [6.07, 6.45) is 1.55. The smallest absolute Gasteiger partial charge is 0.345 e. The van der Waals surface area contributed by atoms with Crippen LogP contribution in [0.1, 0.15) is 22.8 Å². The Labute approximate surface area is 211 Å². The Morgan fingerprint density at radius 1 is 1.03 bits per heavy atom. The molecule has 0 saturated heterocycles. The molecule has 0 heterocycles. The molecule has 0 amide bonds. The number of esters is 1. The van der Waals surface area contributed by atoms with Gasteiger partial charge in [0, 0.05) is 15.7 Å². The van der Waals surface area contributed by atoms with Crippen molar-refractivity contribution in [2.75, 3.05) is 11.9 Å². The number of thiocarbonyl (C=S) groups is 1. The number of anilines is 1. The molecule has 10 heteroatoms. The van der Waals surface area contributed by atoms with Crippen molar-refractivity contribution < 1.29 is 14.3 Å². The fourth-order valence-corrected chi connectivity index (χ4v) is 3.50. The van der Waals surface area contributed by atoms with Crippen LogP contribution in [-0.4, -0.2) is 23.9 Å². The molecule has 3 aromatic carbocycles. The van der Waals surface area contributed by atoms with E-state index in [4.69, 9.17) is 56.5 Å². The maximum atomic E-state index is 12.5. The molecule has 0 unspecified atom stereocenters. The van der Waals surface area contributed by atoms with E-state index < -0.39 is 5.97 Å². The number of carbonyl (C=O) groups is 1. The van der Waals surface area contributed by atoms with Crippen LogP contribution in [0.15, 0.2) is 65.8 Å². The van der Waals surface area contributed by atoms with Gasteiger partial charge in [-0.25, -0.2) is 4.79 Å². The van der Waals surface area contributed by atoms with Gasteiger partial charge in [0.15, 0.2) is 16.6 Å². The predicted molar refractivity (Wildman–Crippen MR) is 137 cm³/mol. The summed E-state index contributed by atoms with van der Waals surface area (Å²) in [6.45, 7) is 2.20. The first-order valence-electron chi connectivity index (χ1n) is 9.65.